The van der Waals surface area contributed by atoms with Crippen LogP contribution < -0.4 is 17.2 Å². The van der Waals surface area contributed by atoms with Crippen molar-refractivity contribution in [2.45, 2.75) is 48.1 Å². The van der Waals surface area contributed by atoms with Crippen molar-refractivity contribution >= 4 is 28.6 Å². The van der Waals surface area contributed by atoms with Gasteiger partial charge in [0.2, 0.25) is 0 Å². The highest BCUT2D eigenvalue weighted by atomic mass is 16.6. The van der Waals surface area contributed by atoms with Gasteiger partial charge in [-0.25, -0.2) is 19.0 Å². The molecule has 26 heteroatoms. The van der Waals surface area contributed by atoms with E-state index in [1.807, 2.05) is 0 Å². The van der Waals surface area contributed by atoms with E-state index in [-0.39, 0.29) is 29.2 Å². The molecule has 1 aromatic carbocycles. The van der Waals surface area contributed by atoms with Gasteiger partial charge in [-0.1, -0.05) is 28.4 Å². The van der Waals surface area contributed by atoms with Crippen LogP contribution in [0.25, 0.3) is 31.9 Å². The minimum atomic E-state index is -2.03. The molecule has 15 N–H and O–H groups in total. The molecule has 1 amide bonds. The van der Waals surface area contributed by atoms with Crippen molar-refractivity contribution in [1.29, 1.82) is 0 Å². The van der Waals surface area contributed by atoms with Gasteiger partial charge in [-0.3, -0.25) is 4.79 Å². The molecule has 56 heavy (non-hydrogen) atoms. The molecule has 5 aromatic rings. The third-order valence-corrected chi connectivity index (χ3v) is 8.58. The van der Waals surface area contributed by atoms with Crippen LogP contribution in [0, 0.1) is 0 Å². The zero-order chi connectivity index (χ0) is 39.2. The van der Waals surface area contributed by atoms with Crippen LogP contribution in [0.4, 0.5) is 11.6 Å². The van der Waals surface area contributed by atoms with Crippen LogP contribution in [0.15, 0.2) is 77.5 Å². The van der Waals surface area contributed by atoms with Gasteiger partial charge < -0.3 is 67.9 Å². The van der Waals surface area contributed by atoms with Gasteiger partial charge in [0.05, 0.1) is 24.6 Å². The highest BCUT2D eigenvalue weighted by molar-refractivity contribution is 6.05. The number of amides is 1. The Hall–Kier alpha value is -6.09. The SMILES string of the molecule is CO.N.O.[N-]=[N+]=N[C@]1(CO)O[C@@H](c2ccc3c(N)ncnn23)[C@H](O)[C@@H]1O.[N-]=[N+]=N[C@]1(CO)O[C@@H](c2ccc3c(NC(=O)c4ccccc4)ncnn23)[C@H](O)[C@@H]1O. The normalized spacial score (nSPS) is 26.2. The summed E-state index contributed by atoms with van der Waals surface area (Å²) in [6.07, 6.45) is -5.96. The molecule has 26 nitrogen and oxygen atoms in total. The Morgan fingerprint density at radius 3 is 1.77 bits per heavy atom. The van der Waals surface area contributed by atoms with Crippen molar-refractivity contribution in [3.05, 3.63) is 105 Å². The van der Waals surface area contributed by atoms with Crippen LogP contribution >= 0.6 is 0 Å². The number of rotatable bonds is 8. The average Bonchev–Trinajstić information content (AvgIpc) is 3.95. The molecule has 2 aliphatic rings. The fraction of sp³-hybridized carbons (Fsp3) is 0.367. The maximum atomic E-state index is 12.5. The van der Waals surface area contributed by atoms with E-state index in [4.69, 9.17) is 31.4 Å². The van der Waals surface area contributed by atoms with E-state index in [9.17, 15) is 35.4 Å². The first-order chi connectivity index (χ1) is 26.0. The van der Waals surface area contributed by atoms with Crippen LogP contribution in [0.5, 0.6) is 0 Å². The molecule has 7 rings (SSSR count). The Bertz CT molecular complexity index is 2200. The quantitative estimate of drug-likeness (QED) is 0.0503. The van der Waals surface area contributed by atoms with Crippen molar-refractivity contribution in [2.75, 3.05) is 31.4 Å². The molecular formula is C30H39N15O11. The summed E-state index contributed by atoms with van der Waals surface area (Å²) in [4.78, 5) is 25.5. The first kappa shape index (κ1) is 44.3. The molecule has 0 saturated carbocycles. The topological polar surface area (TPSA) is 440 Å². The lowest BCUT2D eigenvalue weighted by Crippen LogP contribution is -2.44. The number of azide groups is 2. The Kier molecular flexibility index (Phi) is 14.6. The fourth-order valence-corrected chi connectivity index (χ4v) is 5.92. The number of carbonyl (C=O) groups excluding carboxylic acids is 1. The molecule has 300 valence electrons. The number of aliphatic hydroxyl groups excluding tert-OH is 7. The van der Waals surface area contributed by atoms with E-state index in [1.54, 1.807) is 54.6 Å². The summed E-state index contributed by atoms with van der Waals surface area (Å²) in [5.74, 6) is 0.0912. The predicted octanol–water partition coefficient (Wildman–Crippen LogP) is -1.18. The zero-order valence-corrected chi connectivity index (χ0v) is 29.2. The van der Waals surface area contributed by atoms with Crippen LogP contribution in [-0.4, -0.2) is 133 Å². The zero-order valence-electron chi connectivity index (χ0n) is 29.2. The number of nitrogens with one attached hydrogen (secondary N) is 1. The summed E-state index contributed by atoms with van der Waals surface area (Å²) in [5.41, 5.74) is 21.1. The Labute approximate surface area is 314 Å². The maximum absolute atomic E-state index is 12.5. The second-order valence-corrected chi connectivity index (χ2v) is 11.5. The molecule has 0 spiro atoms. The number of hydrogen-bond acceptors (Lipinski definition) is 18. The number of nitrogen functional groups attached to an aromatic ring is 1. The Morgan fingerprint density at radius 1 is 0.821 bits per heavy atom. The van der Waals surface area contributed by atoms with Crippen molar-refractivity contribution in [3.63, 3.8) is 0 Å². The van der Waals surface area contributed by atoms with Crippen molar-refractivity contribution in [2.24, 2.45) is 10.2 Å². The van der Waals surface area contributed by atoms with Gasteiger partial charge in [-0.15, -0.1) is 0 Å². The van der Waals surface area contributed by atoms with E-state index < -0.39 is 61.3 Å². The molecule has 0 unspecified atom stereocenters. The lowest BCUT2D eigenvalue weighted by molar-refractivity contribution is -0.108. The maximum Gasteiger partial charge on any atom is 0.256 e. The first-order valence-corrected chi connectivity index (χ1v) is 15.7. The van der Waals surface area contributed by atoms with Crippen molar-refractivity contribution in [3.8, 4) is 0 Å². The number of anilines is 2. The van der Waals surface area contributed by atoms with Crippen molar-refractivity contribution < 1.29 is 55.5 Å². The summed E-state index contributed by atoms with van der Waals surface area (Å²) < 4.78 is 13.8. The van der Waals surface area contributed by atoms with Gasteiger partial charge in [-0.2, -0.15) is 10.2 Å². The third-order valence-electron chi connectivity index (χ3n) is 8.58. The summed E-state index contributed by atoms with van der Waals surface area (Å²) in [6.45, 7) is -1.62. The standard InChI is InChI=1S/C18H17N7O5.C11H13N7O4.CH4O.H3N.H2O/c19-24-23-18(8-26)15(28)13(27)14(30-18)11-6-7-12-16(20-9-21-25(11)12)22-17(29)10-4-2-1-3-5-10;12-10-6-2-1-5(18(6)15-4-14-10)8-7(20)9(21)11(3-19,22-8)16-17-13;1-2;;/h1-7,9,13-15,26-28H,8H2,(H,20,21,22,29);1-2,4,7-9,19-21H,3H2,(H2,12,14,15);2H,1H3;1H3;1H2/t13-,14-,15-,18+;7-,8-,9-,11+;;;/m00.../s1. The molecule has 0 radical (unpaired) electrons. The van der Waals surface area contributed by atoms with Gasteiger partial charge in [0, 0.05) is 22.5 Å². The number of ether oxygens (including phenoxy) is 2. The Morgan fingerprint density at radius 2 is 1.29 bits per heavy atom. The number of carbonyl (C=O) groups is 1. The smallest absolute Gasteiger partial charge is 0.256 e. The van der Waals surface area contributed by atoms with Crippen LogP contribution in [-0.2, 0) is 9.47 Å². The number of fused-ring (bicyclic) bond motifs is 2. The van der Waals surface area contributed by atoms with Gasteiger partial charge in [-0.05, 0) is 47.5 Å². The van der Waals surface area contributed by atoms with Gasteiger partial charge in [0.1, 0.15) is 60.3 Å². The second-order valence-electron chi connectivity index (χ2n) is 11.5. The van der Waals surface area contributed by atoms with E-state index >= 15 is 0 Å². The van der Waals surface area contributed by atoms with E-state index in [0.717, 1.165) is 7.11 Å². The molecule has 2 fully saturated rings. The molecule has 6 heterocycles. The highest BCUT2D eigenvalue weighted by Gasteiger charge is 2.56. The summed E-state index contributed by atoms with van der Waals surface area (Å²) in [6, 6.07) is 15.0. The average molecular weight is 786 g/mol. The Balaban J connectivity index is 0.000000289. The molecular weight excluding hydrogens is 746 g/mol. The predicted molar refractivity (Wildman–Crippen MR) is 191 cm³/mol. The van der Waals surface area contributed by atoms with Crippen LogP contribution in [0.3, 0.4) is 0 Å². The van der Waals surface area contributed by atoms with Crippen LogP contribution in [0.2, 0.25) is 0 Å². The molecule has 4 aromatic heterocycles. The van der Waals surface area contributed by atoms with E-state index in [1.165, 1.54) is 21.7 Å². The number of aromatic nitrogens is 6. The summed E-state index contributed by atoms with van der Waals surface area (Å²) in [5, 5.41) is 84.4. The molecule has 8 atom stereocenters. The monoisotopic (exact) mass is 785 g/mol. The number of nitrogens with zero attached hydrogens (tertiary/aromatic N) is 12. The second kappa shape index (κ2) is 18.5. The van der Waals surface area contributed by atoms with E-state index in [0.29, 0.717) is 28.0 Å². The van der Waals surface area contributed by atoms with Crippen molar-refractivity contribution in [1.82, 2.24) is 35.3 Å². The third kappa shape index (κ3) is 7.85. The summed E-state index contributed by atoms with van der Waals surface area (Å²) >= 11 is 0. The van der Waals surface area contributed by atoms with Gasteiger partial charge in [0.15, 0.2) is 23.1 Å². The molecule has 2 saturated heterocycles. The van der Waals surface area contributed by atoms with Crippen LogP contribution in [0.1, 0.15) is 34.0 Å². The fourth-order valence-electron chi connectivity index (χ4n) is 5.92. The lowest BCUT2D eigenvalue weighted by Gasteiger charge is -2.23. The lowest BCUT2D eigenvalue weighted by atomic mass is 10.0. The highest BCUT2D eigenvalue weighted by Crippen LogP contribution is 2.43. The summed E-state index contributed by atoms with van der Waals surface area (Å²) in [7, 11) is 1.00. The molecule has 2 aliphatic heterocycles. The largest absolute Gasteiger partial charge is 0.412 e. The minimum Gasteiger partial charge on any atom is -0.412 e. The van der Waals surface area contributed by atoms with E-state index in [2.05, 4.69) is 45.5 Å². The first-order valence-electron chi connectivity index (χ1n) is 15.7. The van der Waals surface area contributed by atoms with Gasteiger partial charge in [0.25, 0.3) is 5.91 Å². The number of nitrogens with two attached hydrogens (primary N) is 1. The van der Waals surface area contributed by atoms with Gasteiger partial charge >= 0.3 is 0 Å². The molecule has 0 bridgehead atoms. The molecule has 0 aliphatic carbocycles. The number of benzene rings is 1. The number of aliphatic hydroxyl groups is 7. The minimum absolute atomic E-state index is 0. The number of hydrogen-bond donors (Lipinski definition) is 10.